The molecule has 0 fully saturated rings. The maximum atomic E-state index is 13.5. The van der Waals surface area contributed by atoms with Crippen LogP contribution in [0.1, 0.15) is 110 Å². The van der Waals surface area contributed by atoms with Gasteiger partial charge in [-0.3, -0.25) is 9.59 Å². The highest BCUT2D eigenvalue weighted by molar-refractivity contribution is 5.94. The fourth-order valence-electron chi connectivity index (χ4n) is 5.60. The Balaban J connectivity index is 2.36. The first-order chi connectivity index (χ1) is 21.0. The first-order valence-corrected chi connectivity index (χ1v) is 15.4. The molecule has 44 heavy (non-hydrogen) atoms. The summed E-state index contributed by atoms with van der Waals surface area (Å²) >= 11 is 0. The van der Waals surface area contributed by atoms with Crippen molar-refractivity contribution in [1.29, 1.82) is 0 Å². The second-order valence-corrected chi connectivity index (χ2v) is 11.0. The van der Waals surface area contributed by atoms with E-state index in [9.17, 15) is 9.59 Å². The highest BCUT2D eigenvalue weighted by atomic mass is 16.2. The summed E-state index contributed by atoms with van der Waals surface area (Å²) in [6, 6.07) is 0. The Morgan fingerprint density at radius 1 is 0.477 bits per heavy atom. The summed E-state index contributed by atoms with van der Waals surface area (Å²) in [6.07, 6.45) is 4.17. The minimum atomic E-state index is -0.464. The van der Waals surface area contributed by atoms with Crippen molar-refractivity contribution >= 4 is 45.5 Å². The molecule has 12 nitrogen and oxygen atoms in total. The van der Waals surface area contributed by atoms with Crippen LogP contribution in [-0.2, 0) is 25.7 Å². The molecule has 3 aromatic heterocycles. The number of carbonyl (C=O) groups excluding carboxylic acids is 2. The third kappa shape index (κ3) is 5.97. The van der Waals surface area contributed by atoms with Crippen LogP contribution in [0.4, 0.5) is 0 Å². The van der Waals surface area contributed by atoms with Crippen LogP contribution in [0, 0.1) is 0 Å². The number of rotatable bonds is 8. The van der Waals surface area contributed by atoms with Crippen LogP contribution in [0.2, 0.25) is 0 Å². The fourth-order valence-corrected chi connectivity index (χ4v) is 5.60. The Hall–Kier alpha value is -4.48. The van der Waals surface area contributed by atoms with E-state index in [1.165, 1.54) is 9.80 Å². The van der Waals surface area contributed by atoms with E-state index in [1.54, 1.807) is 28.2 Å². The van der Waals surface area contributed by atoms with E-state index in [2.05, 4.69) is 42.6 Å². The van der Waals surface area contributed by atoms with Gasteiger partial charge < -0.3 is 19.8 Å². The number of nitrogens with one attached hydrogen (secondary N) is 2. The lowest BCUT2D eigenvalue weighted by Crippen LogP contribution is -2.27. The molecule has 0 spiro atoms. The smallest absolute Gasteiger partial charge is 0.291 e. The van der Waals surface area contributed by atoms with Gasteiger partial charge in [-0.25, -0.2) is 24.9 Å². The molecule has 2 N–H and O–H groups in total. The fraction of sp³-hybridized carbons (Fsp3) is 0.500. The second kappa shape index (κ2) is 13.4. The SMILES string of the molecule is CCC1=C(CC)c2nc1nc1[nH]c(nc(C(=O)N(C)C)nc(C(=O)N(C)C)nc3[nH]c(n2)c(CC)c3CC)c(CC)c1CC. The van der Waals surface area contributed by atoms with Gasteiger partial charge in [0.25, 0.3) is 11.8 Å². The van der Waals surface area contributed by atoms with Gasteiger partial charge in [-0.1, -0.05) is 41.5 Å². The monoisotopic (exact) mass is 600 g/mol. The van der Waals surface area contributed by atoms with Gasteiger partial charge in [0.15, 0.2) is 11.6 Å². The van der Waals surface area contributed by atoms with Crippen molar-refractivity contribution in [1.82, 2.24) is 49.7 Å². The zero-order valence-corrected chi connectivity index (χ0v) is 27.6. The van der Waals surface area contributed by atoms with Crippen LogP contribution >= 0.6 is 0 Å². The van der Waals surface area contributed by atoms with Gasteiger partial charge in [0, 0.05) is 61.6 Å². The largest absolute Gasteiger partial charge is 0.342 e. The van der Waals surface area contributed by atoms with E-state index in [4.69, 9.17) is 24.9 Å². The van der Waals surface area contributed by atoms with Gasteiger partial charge in [0.2, 0.25) is 11.6 Å². The van der Waals surface area contributed by atoms with Crippen molar-refractivity contribution < 1.29 is 9.59 Å². The topological polar surface area (TPSA) is 150 Å². The summed E-state index contributed by atoms with van der Waals surface area (Å²) in [6.45, 7) is 12.4. The summed E-state index contributed by atoms with van der Waals surface area (Å²) in [5.74, 6) is -0.0137. The zero-order valence-electron chi connectivity index (χ0n) is 27.6. The van der Waals surface area contributed by atoms with E-state index in [-0.39, 0.29) is 11.6 Å². The number of H-pyrrole nitrogens is 2. The lowest BCUT2D eigenvalue weighted by molar-refractivity contribution is 0.0808. The van der Waals surface area contributed by atoms with Gasteiger partial charge in [0.05, 0.1) is 0 Å². The summed E-state index contributed by atoms with van der Waals surface area (Å²) in [4.78, 5) is 65.5. The number of carbonyl (C=O) groups is 2. The Bertz CT molecular complexity index is 1650. The Morgan fingerprint density at radius 3 is 1.07 bits per heavy atom. The molecular formula is C32H44N10O2. The molecule has 4 rings (SSSR count). The molecule has 4 heterocycles. The highest BCUT2D eigenvalue weighted by Gasteiger charge is 2.23. The molecule has 2 amide bonds. The normalized spacial score (nSPS) is 12.0. The molecule has 6 bridgehead atoms. The van der Waals surface area contributed by atoms with Gasteiger partial charge in [-0.2, -0.15) is 4.98 Å². The standard InChI is InChI=1S/C32H44N10O2/c1-11-17-18(12-2)24-33-23(17)34-25-19(13-3)21(15-5)27(36-25)38-29(31(43)41(7)8)40-30(32(44)42(9)10)39-28-22(16-6)20(14-4)26(35-24)37-28/h11-16H2,1-10H3,(H2,33,34,35,36,37,38,39,40). The Labute approximate surface area is 258 Å². The first kappa shape index (κ1) is 32.4. The Kier molecular flexibility index (Phi) is 9.91. The van der Waals surface area contributed by atoms with Gasteiger partial charge >= 0.3 is 0 Å². The lowest BCUT2D eigenvalue weighted by Gasteiger charge is -2.10. The minimum Gasteiger partial charge on any atom is -0.342 e. The number of nitrogens with zero attached hydrogens (tertiary/aromatic N) is 8. The van der Waals surface area contributed by atoms with Gasteiger partial charge in [-0.05, 0) is 38.5 Å². The van der Waals surface area contributed by atoms with E-state index < -0.39 is 11.8 Å². The molecule has 0 atom stereocenters. The van der Waals surface area contributed by atoms with Crippen molar-refractivity contribution in [3.8, 4) is 0 Å². The van der Waals surface area contributed by atoms with Gasteiger partial charge in [-0.15, -0.1) is 0 Å². The van der Waals surface area contributed by atoms with Crippen LogP contribution in [0.3, 0.4) is 0 Å². The second-order valence-electron chi connectivity index (χ2n) is 11.0. The predicted molar refractivity (Wildman–Crippen MR) is 173 cm³/mol. The van der Waals surface area contributed by atoms with Crippen molar-refractivity contribution in [3.63, 3.8) is 0 Å². The van der Waals surface area contributed by atoms with Crippen LogP contribution < -0.4 is 0 Å². The van der Waals surface area contributed by atoms with E-state index in [1.807, 2.05) is 13.8 Å². The van der Waals surface area contributed by atoms with Gasteiger partial charge in [0.1, 0.15) is 22.6 Å². The number of aromatic amines is 2. The van der Waals surface area contributed by atoms with E-state index in [0.29, 0.717) is 59.9 Å². The molecule has 234 valence electrons. The minimum absolute atomic E-state index is 0.164. The first-order valence-electron chi connectivity index (χ1n) is 15.4. The zero-order chi connectivity index (χ0) is 32.3. The number of allylic oxidation sites excluding steroid dienone is 2. The molecule has 12 heteroatoms. The third-order valence-electron chi connectivity index (χ3n) is 7.86. The maximum Gasteiger partial charge on any atom is 0.291 e. The molecule has 1 aliphatic rings. The van der Waals surface area contributed by atoms with Crippen LogP contribution in [0.25, 0.3) is 33.7 Å². The number of aryl methyl sites for hydroxylation is 4. The molecule has 0 aliphatic carbocycles. The molecule has 0 radical (unpaired) electrons. The number of fused-ring (bicyclic) bond motifs is 6. The molecule has 0 unspecified atom stereocenters. The van der Waals surface area contributed by atoms with Crippen LogP contribution in [-0.4, -0.2) is 89.7 Å². The highest BCUT2D eigenvalue weighted by Crippen LogP contribution is 2.33. The summed E-state index contributed by atoms with van der Waals surface area (Å²) in [7, 11) is 6.48. The molecule has 0 saturated heterocycles. The lowest BCUT2D eigenvalue weighted by atomic mass is 10.0. The van der Waals surface area contributed by atoms with E-state index >= 15 is 0 Å². The summed E-state index contributed by atoms with van der Waals surface area (Å²) in [5.41, 5.74) is 8.12. The molecule has 0 saturated carbocycles. The quantitative estimate of drug-likeness (QED) is 0.368. The maximum absolute atomic E-state index is 13.5. The van der Waals surface area contributed by atoms with Crippen molar-refractivity contribution in [2.24, 2.45) is 0 Å². The third-order valence-corrected chi connectivity index (χ3v) is 7.86. The number of hydrogen-bond donors (Lipinski definition) is 2. The summed E-state index contributed by atoms with van der Waals surface area (Å²) in [5, 5.41) is 0. The average Bonchev–Trinajstić information content (AvgIpc) is 3.63. The van der Waals surface area contributed by atoms with Crippen molar-refractivity contribution in [2.75, 3.05) is 28.2 Å². The number of aromatic nitrogens is 8. The van der Waals surface area contributed by atoms with Crippen LogP contribution in [0.15, 0.2) is 0 Å². The van der Waals surface area contributed by atoms with Crippen molar-refractivity contribution in [3.05, 3.63) is 45.6 Å². The van der Waals surface area contributed by atoms with Crippen LogP contribution in [0.5, 0.6) is 0 Å². The summed E-state index contributed by atoms with van der Waals surface area (Å²) < 4.78 is 0. The molecule has 1 aliphatic heterocycles. The number of hydrogen-bond acceptors (Lipinski definition) is 8. The predicted octanol–water partition coefficient (Wildman–Crippen LogP) is 4.97. The molecule has 3 aromatic rings. The van der Waals surface area contributed by atoms with E-state index in [0.717, 1.165) is 46.2 Å². The Morgan fingerprint density at radius 2 is 0.795 bits per heavy atom. The van der Waals surface area contributed by atoms with Crippen molar-refractivity contribution in [2.45, 2.75) is 80.1 Å². The average molecular weight is 601 g/mol. The molecular weight excluding hydrogens is 556 g/mol. The number of amides is 2. The molecule has 0 aromatic carbocycles.